The Hall–Kier alpha value is -1.88. The highest BCUT2D eigenvalue weighted by Gasteiger charge is 2.01. The SMILES string of the molecule is O=C(CNc1ccc(Br)cc1)NCc1ccc(F)cc1. The van der Waals surface area contributed by atoms with E-state index >= 15 is 0 Å². The molecule has 3 nitrogen and oxygen atoms in total. The Bertz CT molecular complexity index is 518. The van der Waals surface area contributed by atoms with E-state index in [9.17, 15) is 9.18 Å². The van der Waals surface area contributed by atoms with E-state index < -0.39 is 0 Å². The van der Waals surface area contributed by atoms with Gasteiger partial charge in [0.2, 0.25) is 5.91 Å². The molecule has 5 heteroatoms. The lowest BCUT2D eigenvalue weighted by atomic mass is 10.2. The maximum Gasteiger partial charge on any atom is 0.239 e. The van der Waals surface area contributed by atoms with Crippen molar-refractivity contribution in [3.8, 4) is 0 Å². The van der Waals surface area contributed by atoms with Gasteiger partial charge in [0.1, 0.15) is 5.82 Å². The van der Waals surface area contributed by atoms with E-state index in [1.165, 1.54) is 12.1 Å². The predicted molar refractivity (Wildman–Crippen MR) is 80.9 cm³/mol. The number of nitrogens with one attached hydrogen (secondary N) is 2. The quantitative estimate of drug-likeness (QED) is 0.879. The van der Waals surface area contributed by atoms with E-state index in [0.717, 1.165) is 15.7 Å². The molecule has 0 aliphatic rings. The van der Waals surface area contributed by atoms with E-state index in [4.69, 9.17) is 0 Å². The molecule has 0 unspecified atom stereocenters. The second kappa shape index (κ2) is 7.05. The first-order valence-electron chi connectivity index (χ1n) is 6.14. The first-order chi connectivity index (χ1) is 9.63. The van der Waals surface area contributed by atoms with Crippen molar-refractivity contribution < 1.29 is 9.18 Å². The molecule has 0 atom stereocenters. The molecule has 2 aromatic carbocycles. The van der Waals surface area contributed by atoms with Gasteiger partial charge in [0, 0.05) is 16.7 Å². The Morgan fingerprint density at radius 1 is 1.05 bits per heavy atom. The lowest BCUT2D eigenvalue weighted by molar-refractivity contribution is -0.119. The van der Waals surface area contributed by atoms with Gasteiger partial charge >= 0.3 is 0 Å². The predicted octanol–water partition coefficient (Wildman–Crippen LogP) is 3.32. The van der Waals surface area contributed by atoms with Crippen LogP contribution >= 0.6 is 15.9 Å². The first-order valence-corrected chi connectivity index (χ1v) is 6.93. The molecule has 0 radical (unpaired) electrons. The van der Waals surface area contributed by atoms with Crippen molar-refractivity contribution in [1.82, 2.24) is 5.32 Å². The van der Waals surface area contributed by atoms with Crippen LogP contribution in [0.2, 0.25) is 0 Å². The van der Waals surface area contributed by atoms with Crippen LogP contribution in [0, 0.1) is 5.82 Å². The highest BCUT2D eigenvalue weighted by molar-refractivity contribution is 9.10. The van der Waals surface area contributed by atoms with Crippen LogP contribution in [0.15, 0.2) is 53.0 Å². The molecule has 0 saturated carbocycles. The number of amides is 1. The molecule has 1 amide bonds. The van der Waals surface area contributed by atoms with Gasteiger partial charge in [-0.1, -0.05) is 28.1 Å². The van der Waals surface area contributed by atoms with Crippen LogP contribution in [-0.2, 0) is 11.3 Å². The number of carbonyl (C=O) groups excluding carboxylic acids is 1. The summed E-state index contributed by atoms with van der Waals surface area (Å²) in [5.74, 6) is -0.394. The molecule has 104 valence electrons. The molecule has 0 aliphatic heterocycles. The third kappa shape index (κ3) is 4.66. The summed E-state index contributed by atoms with van der Waals surface area (Å²) in [6.07, 6.45) is 0. The lowest BCUT2D eigenvalue weighted by Crippen LogP contribution is -2.29. The minimum Gasteiger partial charge on any atom is -0.376 e. The zero-order valence-corrected chi connectivity index (χ0v) is 12.3. The number of anilines is 1. The second-order valence-corrected chi connectivity index (χ2v) is 5.18. The van der Waals surface area contributed by atoms with Crippen LogP contribution in [0.25, 0.3) is 0 Å². The smallest absolute Gasteiger partial charge is 0.239 e. The Morgan fingerprint density at radius 3 is 2.35 bits per heavy atom. The Balaban J connectivity index is 1.75. The molecular weight excluding hydrogens is 323 g/mol. The van der Waals surface area contributed by atoms with Crippen LogP contribution in [0.3, 0.4) is 0 Å². The summed E-state index contributed by atoms with van der Waals surface area (Å²) in [7, 11) is 0. The summed E-state index contributed by atoms with van der Waals surface area (Å²) in [5, 5.41) is 5.79. The number of carbonyl (C=O) groups is 1. The van der Waals surface area contributed by atoms with Crippen LogP contribution in [0.5, 0.6) is 0 Å². The number of hydrogen-bond donors (Lipinski definition) is 2. The molecular formula is C15H14BrFN2O. The van der Waals surface area contributed by atoms with Crippen LogP contribution in [-0.4, -0.2) is 12.5 Å². The van der Waals surface area contributed by atoms with Crippen molar-refractivity contribution in [2.45, 2.75) is 6.54 Å². The minimum absolute atomic E-state index is 0.114. The zero-order chi connectivity index (χ0) is 14.4. The highest BCUT2D eigenvalue weighted by atomic mass is 79.9. The Labute approximate surface area is 125 Å². The molecule has 0 aliphatic carbocycles. The number of hydrogen-bond acceptors (Lipinski definition) is 2. The van der Waals surface area contributed by atoms with Crippen molar-refractivity contribution in [2.75, 3.05) is 11.9 Å². The molecule has 0 aromatic heterocycles. The van der Waals surface area contributed by atoms with Crippen LogP contribution in [0.4, 0.5) is 10.1 Å². The van der Waals surface area contributed by atoms with Crippen LogP contribution < -0.4 is 10.6 Å². The molecule has 0 saturated heterocycles. The van der Waals surface area contributed by atoms with Gasteiger partial charge < -0.3 is 10.6 Å². The fraction of sp³-hybridized carbons (Fsp3) is 0.133. The van der Waals surface area contributed by atoms with Gasteiger partial charge in [-0.25, -0.2) is 4.39 Å². The zero-order valence-electron chi connectivity index (χ0n) is 10.7. The molecule has 2 N–H and O–H groups in total. The van der Waals surface area contributed by atoms with Crippen molar-refractivity contribution in [3.63, 3.8) is 0 Å². The Kier molecular flexibility index (Phi) is 5.12. The minimum atomic E-state index is -0.281. The van der Waals surface area contributed by atoms with Crippen molar-refractivity contribution >= 4 is 27.5 Å². The first kappa shape index (κ1) is 14.5. The van der Waals surface area contributed by atoms with E-state index in [0.29, 0.717) is 6.54 Å². The van der Waals surface area contributed by atoms with Crippen LogP contribution in [0.1, 0.15) is 5.56 Å². The lowest BCUT2D eigenvalue weighted by Gasteiger charge is -2.08. The van der Waals surface area contributed by atoms with Gasteiger partial charge in [-0.15, -0.1) is 0 Å². The molecule has 0 heterocycles. The van der Waals surface area contributed by atoms with E-state index in [2.05, 4.69) is 26.6 Å². The van der Waals surface area contributed by atoms with Gasteiger partial charge in [-0.2, -0.15) is 0 Å². The maximum absolute atomic E-state index is 12.7. The molecule has 20 heavy (non-hydrogen) atoms. The van der Waals surface area contributed by atoms with Crippen molar-refractivity contribution in [3.05, 3.63) is 64.4 Å². The third-order valence-corrected chi connectivity index (χ3v) is 3.23. The average molecular weight is 337 g/mol. The van der Waals surface area contributed by atoms with Crippen molar-refractivity contribution in [2.24, 2.45) is 0 Å². The standard InChI is InChI=1S/C15H14BrFN2O/c16-12-3-7-14(8-4-12)18-10-15(20)19-9-11-1-5-13(17)6-2-11/h1-8,18H,9-10H2,(H,19,20). The third-order valence-electron chi connectivity index (χ3n) is 2.70. The van der Waals surface area contributed by atoms with Crippen molar-refractivity contribution in [1.29, 1.82) is 0 Å². The van der Waals surface area contributed by atoms with E-state index in [-0.39, 0.29) is 18.3 Å². The molecule has 2 aromatic rings. The van der Waals surface area contributed by atoms with Gasteiger partial charge in [0.25, 0.3) is 0 Å². The molecule has 0 bridgehead atoms. The monoisotopic (exact) mass is 336 g/mol. The average Bonchev–Trinajstić information content (AvgIpc) is 2.46. The van der Waals surface area contributed by atoms with Gasteiger partial charge in [0.15, 0.2) is 0 Å². The number of benzene rings is 2. The van der Waals surface area contributed by atoms with E-state index in [1.54, 1.807) is 12.1 Å². The molecule has 0 spiro atoms. The van der Waals surface area contributed by atoms with Gasteiger partial charge in [-0.3, -0.25) is 4.79 Å². The highest BCUT2D eigenvalue weighted by Crippen LogP contribution is 2.13. The second-order valence-electron chi connectivity index (χ2n) is 4.26. The fourth-order valence-electron chi connectivity index (χ4n) is 1.62. The number of halogens is 2. The summed E-state index contributed by atoms with van der Waals surface area (Å²) >= 11 is 3.35. The normalized spacial score (nSPS) is 10.1. The van der Waals surface area contributed by atoms with Gasteiger partial charge in [0.05, 0.1) is 6.54 Å². The summed E-state index contributed by atoms with van der Waals surface area (Å²) in [6.45, 7) is 0.587. The van der Waals surface area contributed by atoms with Gasteiger partial charge in [-0.05, 0) is 42.0 Å². The summed E-state index contributed by atoms with van der Waals surface area (Å²) < 4.78 is 13.7. The Morgan fingerprint density at radius 2 is 1.70 bits per heavy atom. The summed E-state index contributed by atoms with van der Waals surface area (Å²) in [4.78, 5) is 11.7. The fourth-order valence-corrected chi connectivity index (χ4v) is 1.88. The topological polar surface area (TPSA) is 41.1 Å². The number of rotatable bonds is 5. The largest absolute Gasteiger partial charge is 0.376 e. The maximum atomic E-state index is 12.7. The molecule has 2 rings (SSSR count). The summed E-state index contributed by atoms with van der Waals surface area (Å²) in [6, 6.07) is 13.6. The van der Waals surface area contributed by atoms with E-state index in [1.807, 2.05) is 24.3 Å². The summed E-state index contributed by atoms with van der Waals surface area (Å²) in [5.41, 5.74) is 1.74. The molecule has 0 fully saturated rings.